The van der Waals surface area contributed by atoms with Crippen LogP contribution in [0.5, 0.6) is 11.5 Å². The van der Waals surface area contributed by atoms with Crippen molar-refractivity contribution in [2.75, 3.05) is 6.61 Å². The molecule has 0 amide bonds. The summed E-state index contributed by atoms with van der Waals surface area (Å²) in [4.78, 5) is 10.8. The molecule has 0 aliphatic carbocycles. The van der Waals surface area contributed by atoms with E-state index in [1.54, 1.807) is 19.9 Å². The first-order valence-electron chi connectivity index (χ1n) is 10.6. The van der Waals surface area contributed by atoms with Gasteiger partial charge in [0.05, 0.1) is 17.8 Å². The van der Waals surface area contributed by atoms with Crippen molar-refractivity contribution in [2.45, 2.75) is 46.3 Å². The molecule has 0 heterocycles. The lowest BCUT2D eigenvalue weighted by atomic mass is 9.93. The highest BCUT2D eigenvalue weighted by atomic mass is 19.1. The molecule has 5 heteroatoms. The number of benzene rings is 3. The van der Waals surface area contributed by atoms with Gasteiger partial charge in [0.1, 0.15) is 23.9 Å². The van der Waals surface area contributed by atoms with Gasteiger partial charge in [-0.1, -0.05) is 24.3 Å². The summed E-state index contributed by atoms with van der Waals surface area (Å²) in [5.41, 5.74) is 4.60. The molecule has 3 aromatic rings. The second-order valence-corrected chi connectivity index (χ2v) is 8.57. The number of ether oxygens (including phenoxy) is 2. The summed E-state index contributed by atoms with van der Waals surface area (Å²) in [5.74, 6) is 0.554. The average molecular weight is 437 g/mol. The van der Waals surface area contributed by atoms with E-state index in [1.807, 2.05) is 44.2 Å². The van der Waals surface area contributed by atoms with Crippen molar-refractivity contribution in [2.24, 2.45) is 0 Å². The largest absolute Gasteiger partial charge is 0.493 e. The van der Waals surface area contributed by atoms with Crippen molar-refractivity contribution in [1.29, 1.82) is 0 Å². The van der Waals surface area contributed by atoms with E-state index < -0.39 is 11.4 Å². The number of carbonyl (C=O) groups is 1. The Morgan fingerprint density at radius 2 is 1.69 bits per heavy atom. The molecule has 3 rings (SSSR count). The van der Waals surface area contributed by atoms with Crippen LogP contribution >= 0.6 is 0 Å². The van der Waals surface area contributed by atoms with Gasteiger partial charge in [0, 0.05) is 12.5 Å². The number of hydrogen-bond acceptors (Lipinski definition) is 4. The van der Waals surface area contributed by atoms with Gasteiger partial charge in [-0.3, -0.25) is 4.79 Å². The molecule has 0 fully saturated rings. The van der Waals surface area contributed by atoms with Crippen LogP contribution in [-0.2, 0) is 6.61 Å². The molecule has 0 atom stereocenters. The topological polar surface area (TPSA) is 55.8 Å². The van der Waals surface area contributed by atoms with Crippen LogP contribution in [0.25, 0.3) is 11.1 Å². The van der Waals surface area contributed by atoms with Gasteiger partial charge in [-0.25, -0.2) is 4.39 Å². The third kappa shape index (κ3) is 5.95. The maximum Gasteiger partial charge on any atom is 0.152 e. The second-order valence-electron chi connectivity index (χ2n) is 8.57. The molecule has 0 aliphatic heterocycles. The SMILES string of the molecule is Cc1cc(OCCC(C)(C)O)ccc1-c1cccc(COc2ccc(C=O)c(F)c2)c1C. The summed E-state index contributed by atoms with van der Waals surface area (Å²) >= 11 is 0. The van der Waals surface area contributed by atoms with Crippen LogP contribution in [0.1, 0.15) is 47.3 Å². The van der Waals surface area contributed by atoms with Crippen molar-refractivity contribution >= 4 is 6.29 Å². The molecule has 3 aromatic carbocycles. The fraction of sp³-hybridized carbons (Fsp3) is 0.296. The minimum Gasteiger partial charge on any atom is -0.493 e. The lowest BCUT2D eigenvalue weighted by Gasteiger charge is -2.18. The molecule has 0 saturated carbocycles. The minimum atomic E-state index is -0.753. The summed E-state index contributed by atoms with van der Waals surface area (Å²) < 4.78 is 25.4. The standard InChI is InChI=1S/C27H29FO4/c1-18-14-22(31-13-12-27(3,4)30)10-11-24(18)25-7-5-6-21(19(25)2)17-32-23-9-8-20(16-29)26(28)15-23/h5-11,14-16,30H,12-13,17H2,1-4H3. The Bertz CT molecular complexity index is 1100. The Kier molecular flexibility index (Phi) is 7.31. The fourth-order valence-corrected chi connectivity index (χ4v) is 3.43. The molecule has 0 aromatic heterocycles. The van der Waals surface area contributed by atoms with Crippen molar-refractivity contribution in [3.05, 3.63) is 82.7 Å². The van der Waals surface area contributed by atoms with Gasteiger partial charge in [-0.2, -0.15) is 0 Å². The summed E-state index contributed by atoms with van der Waals surface area (Å²) in [7, 11) is 0. The van der Waals surface area contributed by atoms with Gasteiger partial charge in [-0.05, 0) is 79.8 Å². The van der Waals surface area contributed by atoms with Crippen molar-refractivity contribution in [1.82, 2.24) is 0 Å². The number of carbonyl (C=O) groups excluding carboxylic acids is 1. The van der Waals surface area contributed by atoms with E-state index in [0.717, 1.165) is 33.6 Å². The Morgan fingerprint density at radius 3 is 2.34 bits per heavy atom. The smallest absolute Gasteiger partial charge is 0.152 e. The average Bonchev–Trinajstić information content (AvgIpc) is 2.73. The zero-order valence-electron chi connectivity index (χ0n) is 18.9. The van der Waals surface area contributed by atoms with E-state index in [1.165, 1.54) is 12.1 Å². The minimum absolute atomic E-state index is 0.0125. The number of aryl methyl sites for hydroxylation is 1. The Balaban J connectivity index is 1.74. The summed E-state index contributed by atoms with van der Waals surface area (Å²) in [6.07, 6.45) is 1.04. The predicted molar refractivity (Wildman–Crippen MR) is 124 cm³/mol. The van der Waals surface area contributed by atoms with Gasteiger partial charge >= 0.3 is 0 Å². The van der Waals surface area contributed by atoms with E-state index in [0.29, 0.717) is 25.1 Å². The Labute approximate surface area is 188 Å². The zero-order valence-corrected chi connectivity index (χ0v) is 18.9. The third-order valence-electron chi connectivity index (χ3n) is 5.41. The summed E-state index contributed by atoms with van der Waals surface area (Å²) in [6, 6.07) is 16.2. The van der Waals surface area contributed by atoms with Gasteiger partial charge in [0.25, 0.3) is 0 Å². The molecule has 0 radical (unpaired) electrons. The first-order valence-corrected chi connectivity index (χ1v) is 10.6. The quantitative estimate of drug-likeness (QED) is 0.416. The van der Waals surface area contributed by atoms with E-state index in [4.69, 9.17) is 9.47 Å². The lowest BCUT2D eigenvalue weighted by Crippen LogP contribution is -2.21. The molecule has 168 valence electrons. The summed E-state index contributed by atoms with van der Waals surface area (Å²) in [6.45, 7) is 8.34. The van der Waals surface area contributed by atoms with Crippen molar-refractivity contribution in [3.8, 4) is 22.6 Å². The maximum absolute atomic E-state index is 13.8. The number of aldehydes is 1. The van der Waals surface area contributed by atoms with Gasteiger partial charge in [0.2, 0.25) is 0 Å². The number of halogens is 1. The number of aliphatic hydroxyl groups is 1. The van der Waals surface area contributed by atoms with Gasteiger partial charge in [-0.15, -0.1) is 0 Å². The van der Waals surface area contributed by atoms with E-state index in [-0.39, 0.29) is 12.2 Å². The molecule has 1 N–H and O–H groups in total. The lowest BCUT2D eigenvalue weighted by molar-refractivity contribution is 0.0553. The Hall–Kier alpha value is -3.18. The highest BCUT2D eigenvalue weighted by molar-refractivity contribution is 5.75. The predicted octanol–water partition coefficient (Wildman–Crippen LogP) is 6.04. The molecule has 32 heavy (non-hydrogen) atoms. The van der Waals surface area contributed by atoms with E-state index >= 15 is 0 Å². The molecular formula is C27H29FO4. The molecule has 0 saturated heterocycles. The van der Waals surface area contributed by atoms with Crippen LogP contribution in [0.4, 0.5) is 4.39 Å². The number of hydrogen-bond donors (Lipinski definition) is 1. The van der Waals surface area contributed by atoms with E-state index in [9.17, 15) is 14.3 Å². The van der Waals surface area contributed by atoms with Gasteiger partial charge < -0.3 is 14.6 Å². The zero-order chi connectivity index (χ0) is 23.3. The van der Waals surface area contributed by atoms with Crippen molar-refractivity contribution in [3.63, 3.8) is 0 Å². The summed E-state index contributed by atoms with van der Waals surface area (Å²) in [5, 5.41) is 9.83. The molecular weight excluding hydrogens is 407 g/mol. The first-order chi connectivity index (χ1) is 15.2. The maximum atomic E-state index is 13.8. The molecule has 0 bridgehead atoms. The first kappa shape index (κ1) is 23.5. The van der Waals surface area contributed by atoms with Crippen LogP contribution in [0.3, 0.4) is 0 Å². The van der Waals surface area contributed by atoms with Crippen LogP contribution in [0.15, 0.2) is 54.6 Å². The highest BCUT2D eigenvalue weighted by Crippen LogP contribution is 2.31. The third-order valence-corrected chi connectivity index (χ3v) is 5.41. The normalized spacial score (nSPS) is 11.3. The number of rotatable bonds is 9. The van der Waals surface area contributed by atoms with Crippen molar-refractivity contribution < 1.29 is 23.8 Å². The molecule has 4 nitrogen and oxygen atoms in total. The second kappa shape index (κ2) is 9.96. The Morgan fingerprint density at radius 1 is 0.969 bits per heavy atom. The molecule has 0 spiro atoms. The van der Waals surface area contributed by atoms with Gasteiger partial charge in [0.15, 0.2) is 6.29 Å². The highest BCUT2D eigenvalue weighted by Gasteiger charge is 2.13. The van der Waals surface area contributed by atoms with Crippen LogP contribution in [0, 0.1) is 19.7 Å². The van der Waals surface area contributed by atoms with Crippen LogP contribution in [-0.4, -0.2) is 23.6 Å². The van der Waals surface area contributed by atoms with Crippen LogP contribution in [0.2, 0.25) is 0 Å². The van der Waals surface area contributed by atoms with E-state index in [2.05, 4.69) is 6.07 Å². The molecule has 0 unspecified atom stereocenters. The van der Waals surface area contributed by atoms with Crippen LogP contribution < -0.4 is 9.47 Å². The fourth-order valence-electron chi connectivity index (χ4n) is 3.43. The monoisotopic (exact) mass is 436 g/mol. The molecule has 0 aliphatic rings.